The molecule has 0 radical (unpaired) electrons. The van der Waals surface area contributed by atoms with Crippen molar-refractivity contribution in [1.29, 1.82) is 0 Å². The Balaban J connectivity index is 1.92. The first-order valence-electron chi connectivity index (χ1n) is 6.36. The van der Waals surface area contributed by atoms with E-state index in [2.05, 4.69) is 6.07 Å². The van der Waals surface area contributed by atoms with Crippen LogP contribution in [0.4, 0.5) is 5.69 Å². The molecule has 1 aliphatic carbocycles. The third-order valence-electron chi connectivity index (χ3n) is 4.06. The molecule has 0 amide bonds. The molecule has 0 saturated heterocycles. The van der Waals surface area contributed by atoms with Gasteiger partial charge < -0.3 is 10.5 Å². The number of hydrogen-bond acceptors (Lipinski definition) is 2. The highest BCUT2D eigenvalue weighted by Gasteiger charge is 2.37. The standard InChI is InChI=1S/C14H19NO/c15-12-6-4-5-11-7-10-14(16-13(11)12)8-2-1-3-9-14/h4-6H,1-3,7-10,15H2. The summed E-state index contributed by atoms with van der Waals surface area (Å²) in [6.07, 6.45) is 8.69. The van der Waals surface area contributed by atoms with Gasteiger partial charge in [-0.1, -0.05) is 18.6 Å². The third-order valence-corrected chi connectivity index (χ3v) is 4.06. The summed E-state index contributed by atoms with van der Waals surface area (Å²) in [5, 5.41) is 0. The normalized spacial score (nSPS) is 22.5. The summed E-state index contributed by atoms with van der Waals surface area (Å²) < 4.78 is 6.27. The number of nitrogens with two attached hydrogens (primary N) is 1. The van der Waals surface area contributed by atoms with Crippen molar-refractivity contribution in [3.8, 4) is 5.75 Å². The fourth-order valence-corrected chi connectivity index (χ4v) is 3.10. The Morgan fingerprint density at radius 3 is 2.69 bits per heavy atom. The van der Waals surface area contributed by atoms with Crippen molar-refractivity contribution in [2.45, 2.75) is 50.5 Å². The SMILES string of the molecule is Nc1cccc2c1OC1(CCCCC1)CC2. The lowest BCUT2D eigenvalue weighted by molar-refractivity contribution is 0.0116. The maximum Gasteiger partial charge on any atom is 0.146 e. The first-order valence-corrected chi connectivity index (χ1v) is 6.36. The average molecular weight is 217 g/mol. The molecule has 0 unspecified atom stereocenters. The average Bonchev–Trinajstić information content (AvgIpc) is 2.32. The van der Waals surface area contributed by atoms with Gasteiger partial charge in [-0.05, 0) is 50.2 Å². The summed E-state index contributed by atoms with van der Waals surface area (Å²) in [4.78, 5) is 0. The van der Waals surface area contributed by atoms with Gasteiger partial charge in [0.2, 0.25) is 0 Å². The molecular weight excluding hydrogens is 198 g/mol. The van der Waals surface area contributed by atoms with E-state index in [0.29, 0.717) is 0 Å². The molecule has 1 aromatic rings. The van der Waals surface area contributed by atoms with E-state index in [0.717, 1.165) is 17.9 Å². The summed E-state index contributed by atoms with van der Waals surface area (Å²) in [5.74, 6) is 0.968. The molecule has 86 valence electrons. The Bertz CT molecular complexity index is 394. The van der Waals surface area contributed by atoms with Crippen molar-refractivity contribution >= 4 is 5.69 Å². The molecule has 2 N–H and O–H groups in total. The monoisotopic (exact) mass is 217 g/mol. The Morgan fingerprint density at radius 2 is 1.88 bits per heavy atom. The largest absolute Gasteiger partial charge is 0.485 e. The van der Waals surface area contributed by atoms with Crippen molar-refractivity contribution in [1.82, 2.24) is 0 Å². The van der Waals surface area contributed by atoms with Gasteiger partial charge in [-0.25, -0.2) is 0 Å². The number of hydrogen-bond donors (Lipinski definition) is 1. The van der Waals surface area contributed by atoms with Crippen LogP contribution in [0.5, 0.6) is 5.75 Å². The first kappa shape index (κ1) is 10.0. The molecular formula is C14H19NO. The van der Waals surface area contributed by atoms with Crippen molar-refractivity contribution < 1.29 is 4.74 Å². The maximum atomic E-state index is 6.27. The van der Waals surface area contributed by atoms with E-state index < -0.39 is 0 Å². The second-order valence-electron chi connectivity index (χ2n) is 5.18. The smallest absolute Gasteiger partial charge is 0.146 e. The molecule has 0 atom stereocenters. The molecule has 2 heteroatoms. The zero-order valence-electron chi connectivity index (χ0n) is 9.67. The second kappa shape index (κ2) is 3.69. The predicted octanol–water partition coefficient (Wildman–Crippen LogP) is 3.30. The lowest BCUT2D eigenvalue weighted by atomic mass is 9.79. The highest BCUT2D eigenvalue weighted by molar-refractivity contribution is 5.57. The number of anilines is 1. The van der Waals surface area contributed by atoms with Crippen LogP contribution in [-0.2, 0) is 6.42 Å². The lowest BCUT2D eigenvalue weighted by Crippen LogP contribution is -2.41. The number of nitrogen functional groups attached to an aromatic ring is 1. The number of para-hydroxylation sites is 1. The number of ether oxygens (including phenoxy) is 1. The Hall–Kier alpha value is -1.18. The minimum Gasteiger partial charge on any atom is -0.485 e. The van der Waals surface area contributed by atoms with Gasteiger partial charge in [-0.3, -0.25) is 0 Å². The molecule has 2 nitrogen and oxygen atoms in total. The van der Waals surface area contributed by atoms with Gasteiger partial charge in [-0.15, -0.1) is 0 Å². The zero-order chi connectivity index (χ0) is 11.0. The minimum absolute atomic E-state index is 0.112. The summed E-state index contributed by atoms with van der Waals surface area (Å²) in [5.41, 5.74) is 8.21. The molecule has 16 heavy (non-hydrogen) atoms. The van der Waals surface area contributed by atoms with Crippen LogP contribution in [0.15, 0.2) is 18.2 Å². The van der Waals surface area contributed by atoms with E-state index >= 15 is 0 Å². The van der Waals surface area contributed by atoms with Crippen LogP contribution in [-0.4, -0.2) is 5.60 Å². The van der Waals surface area contributed by atoms with Gasteiger partial charge in [-0.2, -0.15) is 0 Å². The highest BCUT2D eigenvalue weighted by Crippen LogP contribution is 2.43. The van der Waals surface area contributed by atoms with Gasteiger partial charge in [0.1, 0.15) is 11.4 Å². The topological polar surface area (TPSA) is 35.2 Å². The fraction of sp³-hybridized carbons (Fsp3) is 0.571. The van der Waals surface area contributed by atoms with Gasteiger partial charge in [0.05, 0.1) is 5.69 Å². The van der Waals surface area contributed by atoms with E-state index in [4.69, 9.17) is 10.5 Å². The summed E-state index contributed by atoms with van der Waals surface area (Å²) in [6.45, 7) is 0. The molecule has 3 rings (SSSR count). The van der Waals surface area contributed by atoms with Crippen molar-refractivity contribution in [2.75, 3.05) is 5.73 Å². The molecule has 1 spiro atoms. The predicted molar refractivity (Wildman–Crippen MR) is 65.6 cm³/mol. The Morgan fingerprint density at radius 1 is 1.06 bits per heavy atom. The van der Waals surface area contributed by atoms with Crippen LogP contribution in [0.3, 0.4) is 0 Å². The van der Waals surface area contributed by atoms with Gasteiger partial charge >= 0.3 is 0 Å². The van der Waals surface area contributed by atoms with E-state index in [1.165, 1.54) is 44.1 Å². The quantitative estimate of drug-likeness (QED) is 0.677. The molecule has 1 heterocycles. The molecule has 0 bridgehead atoms. The van der Waals surface area contributed by atoms with Crippen LogP contribution >= 0.6 is 0 Å². The van der Waals surface area contributed by atoms with Gasteiger partial charge in [0.15, 0.2) is 0 Å². The molecule has 2 aliphatic rings. The maximum absolute atomic E-state index is 6.27. The van der Waals surface area contributed by atoms with Gasteiger partial charge in [0.25, 0.3) is 0 Å². The Kier molecular flexibility index (Phi) is 2.31. The van der Waals surface area contributed by atoms with Crippen molar-refractivity contribution in [3.05, 3.63) is 23.8 Å². The zero-order valence-corrected chi connectivity index (χ0v) is 9.67. The van der Waals surface area contributed by atoms with Gasteiger partial charge in [0, 0.05) is 0 Å². The van der Waals surface area contributed by atoms with Crippen molar-refractivity contribution in [3.63, 3.8) is 0 Å². The van der Waals surface area contributed by atoms with E-state index in [-0.39, 0.29) is 5.60 Å². The Labute approximate surface area is 96.8 Å². The van der Waals surface area contributed by atoms with Crippen molar-refractivity contribution in [2.24, 2.45) is 0 Å². The molecule has 1 aliphatic heterocycles. The third kappa shape index (κ3) is 1.57. The van der Waals surface area contributed by atoms with Crippen LogP contribution in [0.1, 0.15) is 44.1 Å². The summed E-state index contributed by atoms with van der Waals surface area (Å²) >= 11 is 0. The minimum atomic E-state index is 0.112. The number of aryl methyl sites for hydroxylation is 1. The highest BCUT2D eigenvalue weighted by atomic mass is 16.5. The van der Waals surface area contributed by atoms with E-state index in [1.807, 2.05) is 12.1 Å². The number of rotatable bonds is 0. The van der Waals surface area contributed by atoms with E-state index in [9.17, 15) is 0 Å². The summed E-state index contributed by atoms with van der Waals surface area (Å²) in [7, 11) is 0. The van der Waals surface area contributed by atoms with Crippen LogP contribution in [0.25, 0.3) is 0 Å². The van der Waals surface area contributed by atoms with Crippen LogP contribution in [0.2, 0.25) is 0 Å². The number of fused-ring (bicyclic) bond motifs is 1. The van der Waals surface area contributed by atoms with Crippen LogP contribution < -0.4 is 10.5 Å². The molecule has 1 fully saturated rings. The van der Waals surface area contributed by atoms with E-state index in [1.54, 1.807) is 0 Å². The molecule has 1 saturated carbocycles. The molecule has 0 aromatic heterocycles. The lowest BCUT2D eigenvalue weighted by Gasteiger charge is -2.41. The summed E-state index contributed by atoms with van der Waals surface area (Å²) in [6, 6.07) is 6.11. The number of benzene rings is 1. The molecule has 1 aromatic carbocycles. The first-order chi connectivity index (χ1) is 7.79. The fourth-order valence-electron chi connectivity index (χ4n) is 3.10. The second-order valence-corrected chi connectivity index (χ2v) is 5.18. The van der Waals surface area contributed by atoms with Crippen LogP contribution in [0, 0.1) is 0 Å².